The number of ether oxygens (including phenoxy) is 2. The van der Waals surface area contributed by atoms with E-state index in [1.165, 1.54) is 5.56 Å². The van der Waals surface area contributed by atoms with Crippen LogP contribution in [0.3, 0.4) is 0 Å². The molecule has 0 bridgehead atoms. The Morgan fingerprint density at radius 3 is 3.09 bits per heavy atom. The first kappa shape index (κ1) is 13.9. The number of hydrogen-bond acceptors (Lipinski definition) is 4. The van der Waals surface area contributed by atoms with Gasteiger partial charge < -0.3 is 14.6 Å². The summed E-state index contributed by atoms with van der Waals surface area (Å²) in [7, 11) is 0. The van der Waals surface area contributed by atoms with Gasteiger partial charge in [-0.2, -0.15) is 5.10 Å². The van der Waals surface area contributed by atoms with Gasteiger partial charge in [-0.05, 0) is 36.1 Å². The van der Waals surface area contributed by atoms with Crippen LogP contribution in [0.15, 0.2) is 18.3 Å². The summed E-state index contributed by atoms with van der Waals surface area (Å²) in [6.45, 7) is 1.67. The highest BCUT2D eigenvalue weighted by Gasteiger charge is 2.22. The number of rotatable bonds is 2. The summed E-state index contributed by atoms with van der Waals surface area (Å²) in [6.07, 6.45) is 3.99. The molecule has 1 aliphatic carbocycles. The number of fused-ring (bicyclic) bond motifs is 2. The van der Waals surface area contributed by atoms with E-state index >= 15 is 0 Å². The molecule has 2 aromatic rings. The molecule has 1 aromatic heterocycles. The SMILES string of the molecule is OC1CCc2cnn(Cc3cc(Cl)c4c(c3)OCCO4)c2C1. The van der Waals surface area contributed by atoms with Gasteiger partial charge in [0, 0.05) is 12.1 Å². The Morgan fingerprint density at radius 1 is 1.32 bits per heavy atom. The van der Waals surface area contributed by atoms with Crippen molar-refractivity contribution in [3.63, 3.8) is 0 Å². The molecule has 4 rings (SSSR count). The molecule has 0 spiro atoms. The minimum absolute atomic E-state index is 0.271. The summed E-state index contributed by atoms with van der Waals surface area (Å²) in [6, 6.07) is 3.84. The van der Waals surface area contributed by atoms with E-state index in [4.69, 9.17) is 21.1 Å². The third-order valence-corrected chi connectivity index (χ3v) is 4.48. The largest absolute Gasteiger partial charge is 0.486 e. The van der Waals surface area contributed by atoms with Gasteiger partial charge in [-0.25, -0.2) is 0 Å². The van der Waals surface area contributed by atoms with Crippen LogP contribution in [0.1, 0.15) is 23.2 Å². The van der Waals surface area contributed by atoms with E-state index in [9.17, 15) is 5.11 Å². The smallest absolute Gasteiger partial charge is 0.179 e. The van der Waals surface area contributed by atoms with Crippen molar-refractivity contribution in [3.8, 4) is 11.5 Å². The first-order valence-corrected chi connectivity index (χ1v) is 7.88. The average Bonchev–Trinajstić information content (AvgIpc) is 2.90. The molecule has 1 atom stereocenters. The van der Waals surface area contributed by atoms with Gasteiger partial charge in [0.15, 0.2) is 11.5 Å². The molecule has 0 radical (unpaired) electrons. The van der Waals surface area contributed by atoms with Gasteiger partial charge in [-0.3, -0.25) is 4.68 Å². The maximum absolute atomic E-state index is 9.87. The summed E-state index contributed by atoms with van der Waals surface area (Å²) >= 11 is 6.28. The Morgan fingerprint density at radius 2 is 2.18 bits per heavy atom. The van der Waals surface area contributed by atoms with Gasteiger partial charge in [-0.15, -0.1) is 0 Å². The second kappa shape index (κ2) is 5.48. The Bertz CT molecular complexity index is 714. The van der Waals surface area contributed by atoms with Crippen LogP contribution in [-0.2, 0) is 19.4 Å². The van der Waals surface area contributed by atoms with Crippen molar-refractivity contribution in [1.29, 1.82) is 0 Å². The number of halogens is 1. The second-order valence-electron chi connectivity index (χ2n) is 5.77. The molecular weight excluding hydrogens is 304 g/mol. The zero-order valence-electron chi connectivity index (χ0n) is 12.1. The van der Waals surface area contributed by atoms with Crippen LogP contribution in [0.2, 0.25) is 5.02 Å². The summed E-state index contributed by atoms with van der Waals surface area (Å²) in [5, 5.41) is 14.9. The van der Waals surface area contributed by atoms with E-state index in [-0.39, 0.29) is 6.10 Å². The van der Waals surface area contributed by atoms with E-state index in [1.807, 2.05) is 23.0 Å². The first-order valence-electron chi connectivity index (χ1n) is 7.50. The van der Waals surface area contributed by atoms with Crippen molar-refractivity contribution < 1.29 is 14.6 Å². The van der Waals surface area contributed by atoms with Crippen molar-refractivity contribution in [2.45, 2.75) is 31.9 Å². The Balaban J connectivity index is 1.64. The first-order chi connectivity index (χ1) is 10.7. The number of aliphatic hydroxyl groups excluding tert-OH is 1. The summed E-state index contributed by atoms with van der Waals surface area (Å²) in [5.41, 5.74) is 3.36. The Hall–Kier alpha value is -1.72. The van der Waals surface area contributed by atoms with Crippen molar-refractivity contribution in [2.24, 2.45) is 0 Å². The van der Waals surface area contributed by atoms with E-state index in [0.29, 0.717) is 42.7 Å². The molecule has 22 heavy (non-hydrogen) atoms. The highest BCUT2D eigenvalue weighted by molar-refractivity contribution is 6.32. The third kappa shape index (κ3) is 2.44. The maximum atomic E-state index is 9.87. The zero-order valence-corrected chi connectivity index (χ0v) is 12.8. The van der Waals surface area contributed by atoms with Crippen LogP contribution in [0.4, 0.5) is 0 Å². The average molecular weight is 321 g/mol. The van der Waals surface area contributed by atoms with Crippen molar-refractivity contribution >= 4 is 11.6 Å². The van der Waals surface area contributed by atoms with Crippen molar-refractivity contribution in [2.75, 3.05) is 13.2 Å². The lowest BCUT2D eigenvalue weighted by molar-refractivity contribution is 0.155. The van der Waals surface area contributed by atoms with Crippen LogP contribution >= 0.6 is 11.6 Å². The molecule has 6 heteroatoms. The van der Waals surface area contributed by atoms with Crippen LogP contribution in [0, 0.1) is 0 Å². The lowest BCUT2D eigenvalue weighted by Gasteiger charge is -2.21. The molecule has 1 N–H and O–H groups in total. The standard InChI is InChI=1S/C16H17ClN2O3/c17-13-5-10(6-15-16(13)22-4-3-21-15)9-19-14-7-12(20)2-1-11(14)8-18-19/h5-6,8,12,20H,1-4,7,9H2. The lowest BCUT2D eigenvalue weighted by atomic mass is 9.95. The summed E-state index contributed by atoms with van der Waals surface area (Å²) in [4.78, 5) is 0. The molecule has 2 aliphatic rings. The fraction of sp³-hybridized carbons (Fsp3) is 0.438. The van der Waals surface area contributed by atoms with Crippen LogP contribution < -0.4 is 9.47 Å². The van der Waals surface area contributed by atoms with E-state index < -0.39 is 0 Å². The number of aryl methyl sites for hydroxylation is 1. The van der Waals surface area contributed by atoms with E-state index in [0.717, 1.165) is 24.1 Å². The molecular formula is C16H17ClN2O3. The maximum Gasteiger partial charge on any atom is 0.179 e. The highest BCUT2D eigenvalue weighted by Crippen LogP contribution is 2.38. The predicted octanol–water partition coefficient (Wildman–Crippen LogP) is 2.21. The molecule has 5 nitrogen and oxygen atoms in total. The van der Waals surface area contributed by atoms with Gasteiger partial charge in [0.05, 0.1) is 23.9 Å². The molecule has 1 unspecified atom stereocenters. The van der Waals surface area contributed by atoms with Crippen LogP contribution in [-0.4, -0.2) is 34.2 Å². The molecule has 0 saturated heterocycles. The number of aliphatic hydroxyl groups is 1. The molecule has 1 aliphatic heterocycles. The highest BCUT2D eigenvalue weighted by atomic mass is 35.5. The normalized spacial score (nSPS) is 19.8. The summed E-state index contributed by atoms with van der Waals surface area (Å²) in [5.74, 6) is 1.31. The number of hydrogen-bond donors (Lipinski definition) is 1. The van der Waals surface area contributed by atoms with Gasteiger partial charge >= 0.3 is 0 Å². The summed E-state index contributed by atoms with van der Waals surface area (Å²) < 4.78 is 13.1. The van der Waals surface area contributed by atoms with Gasteiger partial charge in [0.2, 0.25) is 0 Å². The molecule has 0 amide bonds. The fourth-order valence-corrected chi connectivity index (χ4v) is 3.39. The van der Waals surface area contributed by atoms with Gasteiger partial charge in [-0.1, -0.05) is 11.6 Å². The fourth-order valence-electron chi connectivity index (χ4n) is 3.11. The Kier molecular flexibility index (Phi) is 3.47. The van der Waals surface area contributed by atoms with Gasteiger partial charge in [0.1, 0.15) is 13.2 Å². The second-order valence-corrected chi connectivity index (χ2v) is 6.18. The van der Waals surface area contributed by atoms with Gasteiger partial charge in [0.25, 0.3) is 0 Å². The third-order valence-electron chi connectivity index (χ3n) is 4.20. The molecule has 1 aromatic carbocycles. The van der Waals surface area contributed by atoms with Crippen molar-refractivity contribution in [1.82, 2.24) is 9.78 Å². The minimum Gasteiger partial charge on any atom is -0.486 e. The lowest BCUT2D eigenvalue weighted by Crippen LogP contribution is -2.21. The monoisotopic (exact) mass is 320 g/mol. The number of aromatic nitrogens is 2. The topological polar surface area (TPSA) is 56.5 Å². The van der Waals surface area contributed by atoms with E-state index in [2.05, 4.69) is 5.10 Å². The number of nitrogens with zero attached hydrogens (tertiary/aromatic N) is 2. The van der Waals surface area contributed by atoms with E-state index in [1.54, 1.807) is 0 Å². The van der Waals surface area contributed by atoms with Crippen LogP contribution in [0.5, 0.6) is 11.5 Å². The molecule has 2 heterocycles. The van der Waals surface area contributed by atoms with Crippen molar-refractivity contribution in [3.05, 3.63) is 40.2 Å². The molecule has 0 saturated carbocycles. The Labute approximate surface area is 133 Å². The number of benzene rings is 1. The molecule has 116 valence electrons. The van der Waals surface area contributed by atoms with Crippen LogP contribution in [0.25, 0.3) is 0 Å². The predicted molar refractivity (Wildman–Crippen MR) is 81.8 cm³/mol. The zero-order chi connectivity index (χ0) is 15.1. The quantitative estimate of drug-likeness (QED) is 0.921. The molecule has 0 fully saturated rings. The minimum atomic E-state index is -0.271.